The molecule has 1 saturated heterocycles. The molecule has 4 rings (SSSR count). The van der Waals surface area contributed by atoms with Crippen LogP contribution >= 0.6 is 23.4 Å². The number of carboxylic acid groups (broad SMARTS) is 1. The molecule has 1 aromatic heterocycles. The second kappa shape index (κ2) is 15.8. The Morgan fingerprint density at radius 3 is 2.57 bits per heavy atom. The number of carbonyl (C=O) groups is 3. The highest BCUT2D eigenvalue weighted by Gasteiger charge is 2.33. The molecule has 2 heterocycles. The molecule has 242 valence electrons. The van der Waals surface area contributed by atoms with Gasteiger partial charge in [0.1, 0.15) is 5.82 Å². The lowest BCUT2D eigenvalue weighted by molar-refractivity contribution is -0.138. The van der Waals surface area contributed by atoms with Gasteiger partial charge >= 0.3 is 12.1 Å². The molecule has 0 saturated carbocycles. The summed E-state index contributed by atoms with van der Waals surface area (Å²) in [4.78, 5) is 48.5. The number of alkyl halides is 3. The summed E-state index contributed by atoms with van der Waals surface area (Å²) < 4.78 is 40.0. The molecule has 0 aliphatic carbocycles. The van der Waals surface area contributed by atoms with Crippen molar-refractivity contribution in [3.05, 3.63) is 93.8 Å². The number of rotatable bonds is 12. The SMILES string of the molecule is N/C=C(\C=Nc1ccc(Cl)c(C(F)(F)F)c1)C(=O)c1cc(N2CCCCC2)ncc1NC(=O)c1cccc(CSCCC(=O)O)c1. The molecule has 1 amide bonds. The summed E-state index contributed by atoms with van der Waals surface area (Å²) in [5.74, 6) is -0.560. The summed E-state index contributed by atoms with van der Waals surface area (Å²) in [5.41, 5.74) is 5.80. The van der Waals surface area contributed by atoms with Gasteiger partial charge in [0, 0.05) is 42.6 Å². The number of aliphatic carboxylic acids is 1. The maximum Gasteiger partial charge on any atom is 0.417 e. The number of carbonyl (C=O) groups excluding carboxylic acids is 2. The third kappa shape index (κ3) is 9.33. The van der Waals surface area contributed by atoms with E-state index in [2.05, 4.69) is 15.3 Å². The lowest BCUT2D eigenvalue weighted by Crippen LogP contribution is -2.30. The number of hydrogen-bond donors (Lipinski definition) is 3. The van der Waals surface area contributed by atoms with Crippen LogP contribution < -0.4 is 16.0 Å². The van der Waals surface area contributed by atoms with E-state index in [1.54, 1.807) is 24.3 Å². The predicted molar refractivity (Wildman–Crippen MR) is 174 cm³/mol. The zero-order valence-electron chi connectivity index (χ0n) is 24.5. The molecule has 0 unspecified atom stereocenters. The van der Waals surface area contributed by atoms with Crippen molar-refractivity contribution in [2.75, 3.05) is 29.1 Å². The molecule has 14 heteroatoms. The molecular weight excluding hydrogens is 643 g/mol. The summed E-state index contributed by atoms with van der Waals surface area (Å²) in [6.07, 6.45) is 1.75. The second-order valence-corrected chi connectivity index (χ2v) is 11.9. The number of hydrogen-bond acceptors (Lipinski definition) is 8. The summed E-state index contributed by atoms with van der Waals surface area (Å²) in [6.45, 7) is 1.48. The number of amides is 1. The number of Topliss-reactive ketones (excluding diaryl/α,β-unsaturated/α-hetero) is 1. The molecule has 3 aromatic rings. The highest BCUT2D eigenvalue weighted by atomic mass is 35.5. The molecule has 9 nitrogen and oxygen atoms in total. The number of halogens is 4. The molecule has 1 aliphatic rings. The fourth-order valence-electron chi connectivity index (χ4n) is 4.66. The number of piperidine rings is 1. The van der Waals surface area contributed by atoms with Crippen LogP contribution in [0.15, 0.2) is 71.5 Å². The molecule has 4 N–H and O–H groups in total. The smallest absolute Gasteiger partial charge is 0.417 e. The van der Waals surface area contributed by atoms with Crippen molar-refractivity contribution >= 4 is 64.4 Å². The fourth-order valence-corrected chi connectivity index (χ4v) is 5.77. The first-order valence-electron chi connectivity index (χ1n) is 14.3. The van der Waals surface area contributed by atoms with E-state index in [1.807, 2.05) is 11.0 Å². The number of allylic oxidation sites excluding steroid dienone is 1. The Morgan fingerprint density at radius 1 is 1.11 bits per heavy atom. The van der Waals surface area contributed by atoms with E-state index in [0.717, 1.165) is 62.5 Å². The summed E-state index contributed by atoms with van der Waals surface area (Å²) in [5, 5.41) is 11.1. The topological polar surface area (TPSA) is 138 Å². The molecule has 46 heavy (non-hydrogen) atoms. The Kier molecular flexibility index (Phi) is 11.8. The van der Waals surface area contributed by atoms with Crippen molar-refractivity contribution in [3.8, 4) is 0 Å². The van der Waals surface area contributed by atoms with Gasteiger partial charge in [0.25, 0.3) is 5.91 Å². The number of aliphatic imine (C=N–C) groups is 1. The highest BCUT2D eigenvalue weighted by molar-refractivity contribution is 7.98. The highest BCUT2D eigenvalue weighted by Crippen LogP contribution is 2.37. The quantitative estimate of drug-likeness (QED) is 0.0799. The van der Waals surface area contributed by atoms with Crippen LogP contribution in [0, 0.1) is 0 Å². The van der Waals surface area contributed by atoms with Gasteiger partial charge in [-0.05, 0) is 61.2 Å². The molecule has 0 atom stereocenters. The second-order valence-electron chi connectivity index (χ2n) is 10.4. The number of benzene rings is 2. The first-order chi connectivity index (χ1) is 22.0. The molecular formula is C32H31ClF3N5O4S. The van der Waals surface area contributed by atoms with Crippen molar-refractivity contribution in [1.82, 2.24) is 4.98 Å². The average molecular weight is 674 g/mol. The number of pyridine rings is 1. The van der Waals surface area contributed by atoms with Gasteiger partial charge in [0.15, 0.2) is 5.78 Å². The van der Waals surface area contributed by atoms with Gasteiger partial charge in [-0.15, -0.1) is 0 Å². The summed E-state index contributed by atoms with van der Waals surface area (Å²) in [6, 6.07) is 11.5. The molecule has 0 spiro atoms. The zero-order valence-corrected chi connectivity index (χ0v) is 26.1. The number of carboxylic acids is 1. The fraction of sp³-hybridized carbons (Fsp3) is 0.281. The number of nitrogens with one attached hydrogen (secondary N) is 1. The van der Waals surface area contributed by atoms with E-state index in [1.165, 1.54) is 24.0 Å². The third-order valence-corrected chi connectivity index (χ3v) is 8.39. The monoisotopic (exact) mass is 673 g/mol. The molecule has 1 aliphatic heterocycles. The third-order valence-electron chi connectivity index (χ3n) is 7.03. The van der Waals surface area contributed by atoms with Crippen LogP contribution in [0.4, 0.5) is 30.4 Å². The standard InChI is InChI=1S/C32H31ClF3N5O4S/c33-26-8-7-23(14-25(26)32(34,35)36)38-17-22(16-37)30(44)24-15-28(41-10-2-1-3-11-41)39-18-27(24)40-31(45)21-6-4-5-20(13-21)19-46-12-9-29(42)43/h4-8,13-18H,1-3,9-12,19,37H2,(H,40,45)(H,42,43)/b22-16+,38-17?. The Morgan fingerprint density at radius 2 is 1.87 bits per heavy atom. The Labute approximate surface area is 272 Å². The van der Waals surface area contributed by atoms with Gasteiger partial charge in [-0.1, -0.05) is 23.7 Å². The number of anilines is 2. The first kappa shape index (κ1) is 34.5. The van der Waals surface area contributed by atoms with Crippen LogP contribution in [0.5, 0.6) is 0 Å². The van der Waals surface area contributed by atoms with Gasteiger partial charge in [-0.3, -0.25) is 19.4 Å². The number of thioether (sulfide) groups is 1. The van der Waals surface area contributed by atoms with Crippen LogP contribution in [0.1, 0.15) is 57.5 Å². The van der Waals surface area contributed by atoms with E-state index in [-0.39, 0.29) is 28.9 Å². The van der Waals surface area contributed by atoms with E-state index in [9.17, 15) is 27.6 Å². The summed E-state index contributed by atoms with van der Waals surface area (Å²) in [7, 11) is 0. The van der Waals surface area contributed by atoms with E-state index >= 15 is 0 Å². The molecule has 0 bridgehead atoms. The van der Waals surface area contributed by atoms with E-state index in [4.69, 9.17) is 22.4 Å². The van der Waals surface area contributed by atoms with Crippen molar-refractivity contribution in [2.24, 2.45) is 10.7 Å². The maximum atomic E-state index is 13.8. The van der Waals surface area contributed by atoms with Crippen molar-refractivity contribution in [2.45, 2.75) is 37.6 Å². The summed E-state index contributed by atoms with van der Waals surface area (Å²) >= 11 is 7.14. The average Bonchev–Trinajstić information content (AvgIpc) is 3.04. The molecule has 0 radical (unpaired) electrons. The minimum atomic E-state index is -4.70. The molecule has 1 fully saturated rings. The molecule has 2 aromatic carbocycles. The Hall–Kier alpha value is -4.36. The lowest BCUT2D eigenvalue weighted by Gasteiger charge is -2.28. The predicted octanol–water partition coefficient (Wildman–Crippen LogP) is 7.13. The van der Waals surface area contributed by atoms with Gasteiger partial charge in [-0.2, -0.15) is 24.9 Å². The van der Waals surface area contributed by atoms with Crippen LogP contribution in [0.2, 0.25) is 5.02 Å². The normalized spacial score (nSPS) is 14.0. The zero-order chi connectivity index (χ0) is 33.3. The minimum absolute atomic E-state index is 0.0281. The van der Waals surface area contributed by atoms with Gasteiger partial charge in [-0.25, -0.2) is 4.98 Å². The van der Waals surface area contributed by atoms with Crippen LogP contribution in [-0.2, 0) is 16.7 Å². The van der Waals surface area contributed by atoms with E-state index in [0.29, 0.717) is 22.9 Å². The van der Waals surface area contributed by atoms with Crippen LogP contribution in [0.3, 0.4) is 0 Å². The van der Waals surface area contributed by atoms with Crippen LogP contribution in [-0.4, -0.2) is 52.8 Å². The number of nitrogens with two attached hydrogens (primary N) is 1. The number of nitrogens with zero attached hydrogens (tertiary/aromatic N) is 3. The van der Waals surface area contributed by atoms with Gasteiger partial charge in [0.05, 0.1) is 45.7 Å². The van der Waals surface area contributed by atoms with Crippen LogP contribution in [0.25, 0.3) is 0 Å². The first-order valence-corrected chi connectivity index (χ1v) is 15.8. The van der Waals surface area contributed by atoms with Gasteiger partial charge < -0.3 is 21.1 Å². The van der Waals surface area contributed by atoms with E-state index < -0.39 is 34.4 Å². The Bertz CT molecular complexity index is 1660. The van der Waals surface area contributed by atoms with Crippen molar-refractivity contribution < 1.29 is 32.7 Å². The van der Waals surface area contributed by atoms with Crippen molar-refractivity contribution in [1.29, 1.82) is 0 Å². The van der Waals surface area contributed by atoms with Crippen molar-refractivity contribution in [3.63, 3.8) is 0 Å². The minimum Gasteiger partial charge on any atom is -0.481 e. The lowest BCUT2D eigenvalue weighted by atomic mass is 10.0. The number of aromatic nitrogens is 1. The largest absolute Gasteiger partial charge is 0.481 e. The Balaban J connectivity index is 1.61. The maximum absolute atomic E-state index is 13.8. The van der Waals surface area contributed by atoms with Gasteiger partial charge in [0.2, 0.25) is 0 Å². The number of ketones is 1.